The number of hydrogen-bond acceptors (Lipinski definition) is 2. The van der Waals surface area contributed by atoms with Crippen molar-refractivity contribution in [3.63, 3.8) is 0 Å². The highest BCUT2D eigenvalue weighted by atomic mass is 35.5. The molecule has 0 unspecified atom stereocenters. The third kappa shape index (κ3) is 1.93. The number of rotatable bonds is 2. The van der Waals surface area contributed by atoms with Crippen LogP contribution < -0.4 is 4.74 Å². The van der Waals surface area contributed by atoms with E-state index >= 15 is 0 Å². The normalized spacial score (nSPS) is 9.38. The van der Waals surface area contributed by atoms with Crippen LogP contribution in [-0.2, 0) is 5.88 Å². The SMILES string of the molecule is COc1cc(C)c(C#N)c(CCl)c1. The van der Waals surface area contributed by atoms with Crippen molar-refractivity contribution in [2.75, 3.05) is 7.11 Å². The molecule has 1 aromatic rings. The minimum atomic E-state index is 0.334. The molecule has 3 heteroatoms. The molecule has 0 N–H and O–H groups in total. The van der Waals surface area contributed by atoms with Gasteiger partial charge in [0.1, 0.15) is 5.75 Å². The number of methoxy groups -OCH3 is 1. The minimum Gasteiger partial charge on any atom is -0.497 e. The summed E-state index contributed by atoms with van der Waals surface area (Å²) in [5, 5.41) is 8.84. The molecule has 0 aliphatic carbocycles. The fraction of sp³-hybridized carbons (Fsp3) is 0.300. The third-order valence-electron chi connectivity index (χ3n) is 1.88. The Bertz CT molecular complexity index is 355. The first-order valence-electron chi connectivity index (χ1n) is 3.86. The van der Waals surface area contributed by atoms with Gasteiger partial charge in [-0.2, -0.15) is 5.26 Å². The molecule has 0 aliphatic heterocycles. The van der Waals surface area contributed by atoms with Gasteiger partial charge in [0, 0.05) is 5.88 Å². The first-order valence-corrected chi connectivity index (χ1v) is 4.40. The van der Waals surface area contributed by atoms with Crippen LogP contribution in [0.5, 0.6) is 5.75 Å². The van der Waals surface area contributed by atoms with Crippen LogP contribution in [0, 0.1) is 18.3 Å². The zero-order valence-electron chi connectivity index (χ0n) is 7.60. The Balaban J connectivity index is 3.31. The molecule has 1 rings (SSSR count). The fourth-order valence-electron chi connectivity index (χ4n) is 1.21. The van der Waals surface area contributed by atoms with E-state index in [4.69, 9.17) is 21.6 Å². The number of hydrogen-bond donors (Lipinski definition) is 0. The predicted molar refractivity (Wildman–Crippen MR) is 52.0 cm³/mol. The Morgan fingerprint density at radius 2 is 2.23 bits per heavy atom. The van der Waals surface area contributed by atoms with E-state index in [2.05, 4.69) is 6.07 Å². The van der Waals surface area contributed by atoms with Gasteiger partial charge in [-0.3, -0.25) is 0 Å². The van der Waals surface area contributed by atoms with Crippen LogP contribution >= 0.6 is 11.6 Å². The van der Waals surface area contributed by atoms with Crippen LogP contribution in [0.4, 0.5) is 0 Å². The maximum absolute atomic E-state index is 8.84. The topological polar surface area (TPSA) is 33.0 Å². The molecule has 1 aromatic carbocycles. The molecule has 0 atom stereocenters. The lowest BCUT2D eigenvalue weighted by molar-refractivity contribution is 0.414. The van der Waals surface area contributed by atoms with E-state index < -0.39 is 0 Å². The van der Waals surface area contributed by atoms with Gasteiger partial charge in [0.15, 0.2) is 0 Å². The molecule has 0 heterocycles. The number of halogens is 1. The zero-order valence-corrected chi connectivity index (χ0v) is 8.35. The Hall–Kier alpha value is -1.20. The van der Waals surface area contributed by atoms with Gasteiger partial charge in [-0.1, -0.05) is 0 Å². The lowest BCUT2D eigenvalue weighted by Gasteiger charge is -2.06. The number of nitrogens with zero attached hydrogens (tertiary/aromatic N) is 1. The average Bonchev–Trinajstić information content (AvgIpc) is 2.16. The molecule has 68 valence electrons. The average molecular weight is 196 g/mol. The molecule has 13 heavy (non-hydrogen) atoms. The summed E-state index contributed by atoms with van der Waals surface area (Å²) in [6.45, 7) is 1.87. The lowest BCUT2D eigenvalue weighted by atomic mass is 10.0. The van der Waals surface area contributed by atoms with Crippen LogP contribution in [0.1, 0.15) is 16.7 Å². The molecule has 0 amide bonds. The van der Waals surface area contributed by atoms with Crippen molar-refractivity contribution in [1.29, 1.82) is 5.26 Å². The molecule has 0 saturated heterocycles. The summed E-state index contributed by atoms with van der Waals surface area (Å²) in [5.74, 6) is 1.08. The van der Waals surface area contributed by atoms with Crippen molar-refractivity contribution in [2.24, 2.45) is 0 Å². The summed E-state index contributed by atoms with van der Waals surface area (Å²) in [7, 11) is 1.60. The summed E-state index contributed by atoms with van der Waals surface area (Å²) in [6.07, 6.45) is 0. The largest absolute Gasteiger partial charge is 0.497 e. The summed E-state index contributed by atoms with van der Waals surface area (Å²) < 4.78 is 5.07. The zero-order chi connectivity index (χ0) is 9.84. The molecule has 0 aromatic heterocycles. The highest BCUT2D eigenvalue weighted by molar-refractivity contribution is 6.17. The molecule has 0 radical (unpaired) electrons. The van der Waals surface area contributed by atoms with E-state index in [1.54, 1.807) is 13.2 Å². The van der Waals surface area contributed by atoms with Gasteiger partial charge in [-0.05, 0) is 30.2 Å². The van der Waals surface area contributed by atoms with Crippen molar-refractivity contribution < 1.29 is 4.74 Å². The van der Waals surface area contributed by atoms with Crippen LogP contribution in [0.25, 0.3) is 0 Å². The first-order chi connectivity index (χ1) is 6.22. The number of aryl methyl sites for hydroxylation is 1. The van der Waals surface area contributed by atoms with Gasteiger partial charge in [0.2, 0.25) is 0 Å². The molecular formula is C10H10ClNO. The lowest BCUT2D eigenvalue weighted by Crippen LogP contribution is -1.93. The maximum atomic E-state index is 8.84. The van der Waals surface area contributed by atoms with Gasteiger partial charge in [-0.25, -0.2) is 0 Å². The fourth-order valence-corrected chi connectivity index (χ4v) is 1.42. The minimum absolute atomic E-state index is 0.334. The van der Waals surface area contributed by atoms with Crippen LogP contribution in [0.15, 0.2) is 12.1 Å². The maximum Gasteiger partial charge on any atom is 0.119 e. The number of alkyl halides is 1. The molecule has 0 saturated carbocycles. The van der Waals surface area contributed by atoms with E-state index in [-0.39, 0.29) is 0 Å². The van der Waals surface area contributed by atoms with Crippen LogP contribution in [0.3, 0.4) is 0 Å². The third-order valence-corrected chi connectivity index (χ3v) is 2.17. The second kappa shape index (κ2) is 4.15. The van der Waals surface area contributed by atoms with Gasteiger partial charge < -0.3 is 4.74 Å². The number of ether oxygens (including phenoxy) is 1. The summed E-state index contributed by atoms with van der Waals surface area (Å²) in [6, 6.07) is 5.74. The van der Waals surface area contributed by atoms with E-state index in [1.165, 1.54) is 0 Å². The highest BCUT2D eigenvalue weighted by Gasteiger charge is 2.06. The second-order valence-electron chi connectivity index (χ2n) is 2.72. The van der Waals surface area contributed by atoms with E-state index in [0.717, 1.165) is 16.9 Å². The Kier molecular flexibility index (Phi) is 3.16. The summed E-state index contributed by atoms with van der Waals surface area (Å²) in [5.41, 5.74) is 2.37. The quantitative estimate of drug-likeness (QED) is 0.680. The van der Waals surface area contributed by atoms with Crippen molar-refractivity contribution in [3.8, 4) is 11.8 Å². The molecule has 0 spiro atoms. The standard InChI is InChI=1S/C10H10ClNO/c1-7-3-9(13-2)4-8(5-11)10(7)6-12/h3-4H,5H2,1-2H3. The van der Waals surface area contributed by atoms with E-state index in [9.17, 15) is 0 Å². The van der Waals surface area contributed by atoms with Gasteiger partial charge in [-0.15, -0.1) is 11.6 Å². The Morgan fingerprint density at radius 3 is 2.69 bits per heavy atom. The molecule has 0 fully saturated rings. The summed E-state index contributed by atoms with van der Waals surface area (Å²) in [4.78, 5) is 0. The van der Waals surface area contributed by atoms with Crippen molar-refractivity contribution >= 4 is 11.6 Å². The second-order valence-corrected chi connectivity index (χ2v) is 2.99. The molecule has 0 aliphatic rings. The predicted octanol–water partition coefficient (Wildman–Crippen LogP) is 2.61. The molecule has 0 bridgehead atoms. The highest BCUT2D eigenvalue weighted by Crippen LogP contribution is 2.22. The monoisotopic (exact) mass is 195 g/mol. The molecule has 2 nitrogen and oxygen atoms in total. The van der Waals surface area contributed by atoms with Crippen molar-refractivity contribution in [2.45, 2.75) is 12.8 Å². The summed E-state index contributed by atoms with van der Waals surface area (Å²) >= 11 is 5.71. The first kappa shape index (κ1) is 9.88. The van der Waals surface area contributed by atoms with E-state index in [1.807, 2.05) is 13.0 Å². The van der Waals surface area contributed by atoms with Gasteiger partial charge >= 0.3 is 0 Å². The Labute approximate surface area is 82.7 Å². The van der Waals surface area contributed by atoms with Crippen molar-refractivity contribution in [1.82, 2.24) is 0 Å². The van der Waals surface area contributed by atoms with Crippen LogP contribution in [0.2, 0.25) is 0 Å². The number of benzene rings is 1. The smallest absolute Gasteiger partial charge is 0.119 e. The Morgan fingerprint density at radius 1 is 1.54 bits per heavy atom. The molecular weight excluding hydrogens is 186 g/mol. The van der Waals surface area contributed by atoms with Crippen molar-refractivity contribution in [3.05, 3.63) is 28.8 Å². The van der Waals surface area contributed by atoms with Gasteiger partial charge in [0.05, 0.1) is 18.7 Å². The van der Waals surface area contributed by atoms with Gasteiger partial charge in [0.25, 0.3) is 0 Å². The number of nitriles is 1. The van der Waals surface area contributed by atoms with E-state index in [0.29, 0.717) is 11.4 Å². The van der Waals surface area contributed by atoms with Crippen LogP contribution in [-0.4, -0.2) is 7.11 Å².